The first-order chi connectivity index (χ1) is 5.48. The van der Waals surface area contributed by atoms with E-state index in [4.69, 9.17) is 4.74 Å². The Labute approximate surface area is 73.3 Å². The van der Waals surface area contributed by atoms with Crippen LogP contribution in [0.25, 0.3) is 0 Å². The van der Waals surface area contributed by atoms with Gasteiger partial charge in [0.15, 0.2) is 11.4 Å². The van der Waals surface area contributed by atoms with Crippen molar-refractivity contribution in [2.24, 2.45) is 5.92 Å². The lowest BCUT2D eigenvalue weighted by molar-refractivity contribution is -0.127. The van der Waals surface area contributed by atoms with Gasteiger partial charge in [-0.05, 0) is 32.6 Å². The third-order valence-corrected chi connectivity index (χ3v) is 3.33. The first kappa shape index (κ1) is 8.24. The molecular formula is C10H16O2. The van der Waals surface area contributed by atoms with Crippen LogP contribution in [0.3, 0.4) is 0 Å². The highest BCUT2D eigenvalue weighted by Crippen LogP contribution is 2.54. The molecule has 0 unspecified atom stereocenters. The fourth-order valence-corrected chi connectivity index (χ4v) is 2.33. The Morgan fingerprint density at radius 2 is 2.08 bits per heavy atom. The van der Waals surface area contributed by atoms with Crippen molar-refractivity contribution in [1.29, 1.82) is 0 Å². The Morgan fingerprint density at radius 3 is 2.50 bits per heavy atom. The molecule has 12 heavy (non-hydrogen) atoms. The highest BCUT2D eigenvalue weighted by molar-refractivity contribution is 5.92. The second-order valence-corrected chi connectivity index (χ2v) is 4.71. The standard InChI is InChI=1S/C10H16O2/c1-7-4-5-10(8(11)6-7)9(2,3)12-10/h7H,4-6H2,1-3H3/t7-,10+/m0/s1. The first-order valence-corrected chi connectivity index (χ1v) is 4.71. The van der Waals surface area contributed by atoms with Gasteiger partial charge in [0.25, 0.3) is 0 Å². The van der Waals surface area contributed by atoms with Crippen LogP contribution in [0.2, 0.25) is 0 Å². The van der Waals surface area contributed by atoms with Crippen LogP contribution in [0, 0.1) is 5.92 Å². The van der Waals surface area contributed by atoms with Gasteiger partial charge in [-0.2, -0.15) is 0 Å². The smallest absolute Gasteiger partial charge is 0.167 e. The first-order valence-electron chi connectivity index (χ1n) is 4.71. The molecule has 0 aromatic carbocycles. The Morgan fingerprint density at radius 1 is 1.50 bits per heavy atom. The quantitative estimate of drug-likeness (QED) is 0.517. The maximum atomic E-state index is 11.7. The van der Waals surface area contributed by atoms with Crippen molar-refractivity contribution in [3.63, 3.8) is 0 Å². The van der Waals surface area contributed by atoms with Crippen molar-refractivity contribution in [2.45, 2.75) is 51.2 Å². The second-order valence-electron chi connectivity index (χ2n) is 4.71. The van der Waals surface area contributed by atoms with E-state index < -0.39 is 0 Å². The average molecular weight is 168 g/mol. The summed E-state index contributed by atoms with van der Waals surface area (Å²) < 4.78 is 5.54. The molecule has 1 aliphatic heterocycles. The lowest BCUT2D eigenvalue weighted by atomic mass is 9.76. The minimum Gasteiger partial charge on any atom is -0.355 e. The normalized spacial score (nSPS) is 44.9. The van der Waals surface area contributed by atoms with E-state index in [0.717, 1.165) is 12.8 Å². The topological polar surface area (TPSA) is 29.6 Å². The van der Waals surface area contributed by atoms with E-state index in [1.807, 2.05) is 13.8 Å². The zero-order chi connectivity index (χ0) is 8.98. The molecule has 2 fully saturated rings. The molecule has 1 heterocycles. The number of carbonyl (C=O) groups is 1. The van der Waals surface area contributed by atoms with Crippen LogP contribution < -0.4 is 0 Å². The molecule has 1 saturated heterocycles. The third-order valence-electron chi connectivity index (χ3n) is 3.33. The fraction of sp³-hybridized carbons (Fsp3) is 0.900. The summed E-state index contributed by atoms with van der Waals surface area (Å²) in [5.41, 5.74) is -0.552. The second kappa shape index (κ2) is 2.11. The van der Waals surface area contributed by atoms with Crippen molar-refractivity contribution in [3.05, 3.63) is 0 Å². The molecule has 2 heteroatoms. The maximum absolute atomic E-state index is 11.7. The number of epoxide rings is 1. The van der Waals surface area contributed by atoms with E-state index in [0.29, 0.717) is 18.1 Å². The van der Waals surface area contributed by atoms with Gasteiger partial charge in [0.2, 0.25) is 0 Å². The minimum absolute atomic E-state index is 0.176. The number of carbonyl (C=O) groups excluding carboxylic acids is 1. The van der Waals surface area contributed by atoms with Gasteiger partial charge in [-0.3, -0.25) is 4.79 Å². The fourth-order valence-electron chi connectivity index (χ4n) is 2.33. The third kappa shape index (κ3) is 0.875. The van der Waals surface area contributed by atoms with Gasteiger partial charge in [-0.15, -0.1) is 0 Å². The summed E-state index contributed by atoms with van der Waals surface area (Å²) in [7, 11) is 0. The predicted molar refractivity (Wildman–Crippen MR) is 45.9 cm³/mol. The molecular weight excluding hydrogens is 152 g/mol. The number of hydrogen-bond donors (Lipinski definition) is 0. The number of ketones is 1. The van der Waals surface area contributed by atoms with Crippen molar-refractivity contribution in [2.75, 3.05) is 0 Å². The van der Waals surface area contributed by atoms with E-state index >= 15 is 0 Å². The van der Waals surface area contributed by atoms with Crippen LogP contribution in [0.5, 0.6) is 0 Å². The highest BCUT2D eigenvalue weighted by Gasteiger charge is 2.68. The molecule has 0 aromatic rings. The van der Waals surface area contributed by atoms with Crippen molar-refractivity contribution in [3.8, 4) is 0 Å². The van der Waals surface area contributed by atoms with Crippen molar-refractivity contribution < 1.29 is 9.53 Å². The molecule has 68 valence electrons. The van der Waals surface area contributed by atoms with Crippen LogP contribution in [0.4, 0.5) is 0 Å². The monoisotopic (exact) mass is 168 g/mol. The summed E-state index contributed by atoms with van der Waals surface area (Å²) in [5.74, 6) is 0.884. The molecule has 2 rings (SSSR count). The maximum Gasteiger partial charge on any atom is 0.167 e. The zero-order valence-electron chi connectivity index (χ0n) is 8.02. The zero-order valence-corrected chi connectivity index (χ0v) is 8.02. The molecule has 2 nitrogen and oxygen atoms in total. The van der Waals surface area contributed by atoms with Crippen molar-refractivity contribution in [1.82, 2.24) is 0 Å². The lowest BCUT2D eigenvalue weighted by Crippen LogP contribution is -2.36. The summed E-state index contributed by atoms with van der Waals surface area (Å²) in [6.45, 7) is 6.17. The summed E-state index contributed by atoms with van der Waals surface area (Å²) >= 11 is 0. The van der Waals surface area contributed by atoms with E-state index in [1.165, 1.54) is 0 Å². The Balaban J connectivity index is 2.16. The lowest BCUT2D eigenvalue weighted by Gasteiger charge is -2.23. The number of ether oxygens (including phenoxy) is 1. The molecule has 0 N–H and O–H groups in total. The van der Waals surface area contributed by atoms with Gasteiger partial charge in [0.1, 0.15) is 5.60 Å². The molecule has 1 spiro atoms. The van der Waals surface area contributed by atoms with Gasteiger partial charge in [-0.1, -0.05) is 6.92 Å². The average Bonchev–Trinajstić information content (AvgIpc) is 2.48. The number of rotatable bonds is 0. The van der Waals surface area contributed by atoms with Crippen LogP contribution in [-0.2, 0) is 9.53 Å². The van der Waals surface area contributed by atoms with E-state index in [2.05, 4.69) is 6.92 Å². The molecule has 0 amide bonds. The summed E-state index contributed by atoms with van der Waals surface area (Å²) in [6, 6.07) is 0. The number of hydrogen-bond acceptors (Lipinski definition) is 2. The molecule has 0 radical (unpaired) electrons. The summed E-state index contributed by atoms with van der Waals surface area (Å²) in [4.78, 5) is 11.7. The largest absolute Gasteiger partial charge is 0.355 e. The van der Waals surface area contributed by atoms with Crippen LogP contribution in [0.1, 0.15) is 40.0 Å². The van der Waals surface area contributed by atoms with Crippen LogP contribution in [-0.4, -0.2) is 17.0 Å². The van der Waals surface area contributed by atoms with E-state index in [-0.39, 0.29) is 11.2 Å². The van der Waals surface area contributed by atoms with Crippen LogP contribution in [0.15, 0.2) is 0 Å². The summed E-state index contributed by atoms with van der Waals surface area (Å²) in [6.07, 6.45) is 2.78. The molecule has 1 aliphatic carbocycles. The van der Waals surface area contributed by atoms with Gasteiger partial charge < -0.3 is 4.74 Å². The molecule has 0 aromatic heterocycles. The molecule has 2 aliphatic rings. The predicted octanol–water partition coefficient (Wildman–Crippen LogP) is 1.92. The number of Topliss-reactive ketones (excluding diaryl/α,β-unsaturated/α-hetero) is 1. The molecule has 2 atom stereocenters. The van der Waals surface area contributed by atoms with Crippen LogP contribution >= 0.6 is 0 Å². The Bertz CT molecular complexity index is 232. The molecule has 1 saturated carbocycles. The van der Waals surface area contributed by atoms with E-state index in [1.54, 1.807) is 0 Å². The SMILES string of the molecule is C[C@H]1CC[C@@]2(OC2(C)C)C(=O)C1. The van der Waals surface area contributed by atoms with Crippen molar-refractivity contribution >= 4 is 5.78 Å². The van der Waals surface area contributed by atoms with Gasteiger partial charge in [-0.25, -0.2) is 0 Å². The van der Waals surface area contributed by atoms with Gasteiger partial charge >= 0.3 is 0 Å². The Hall–Kier alpha value is -0.370. The minimum atomic E-state index is -0.375. The van der Waals surface area contributed by atoms with Gasteiger partial charge in [0.05, 0.1) is 0 Å². The molecule has 0 bridgehead atoms. The Kier molecular flexibility index (Phi) is 1.45. The van der Waals surface area contributed by atoms with E-state index in [9.17, 15) is 4.79 Å². The highest BCUT2D eigenvalue weighted by atomic mass is 16.6. The van der Waals surface area contributed by atoms with Gasteiger partial charge in [0, 0.05) is 6.42 Å². The summed E-state index contributed by atoms with van der Waals surface area (Å²) in [5, 5.41) is 0.